The molecule has 1 aliphatic carbocycles. The Kier molecular flexibility index (Phi) is 4.24. The Morgan fingerprint density at radius 1 is 1.30 bits per heavy atom. The first-order valence-electron chi connectivity index (χ1n) is 7.00. The molecular formula is C17H20N2O. The van der Waals surface area contributed by atoms with Crippen molar-refractivity contribution in [3.8, 4) is 6.07 Å². The number of benzene rings is 1. The third-order valence-electron chi connectivity index (χ3n) is 3.79. The Bertz CT molecular complexity index is 549. The summed E-state index contributed by atoms with van der Waals surface area (Å²) in [6.07, 6.45) is 6.93. The smallest absolute Gasteiger partial charge is 0.227 e. The summed E-state index contributed by atoms with van der Waals surface area (Å²) in [4.78, 5) is 12.1. The van der Waals surface area contributed by atoms with Crippen molar-refractivity contribution in [1.82, 2.24) is 0 Å². The molecule has 2 rings (SSSR count). The summed E-state index contributed by atoms with van der Waals surface area (Å²) < 4.78 is 0. The number of anilines is 1. The van der Waals surface area contributed by atoms with Crippen LogP contribution in [-0.4, -0.2) is 5.91 Å². The molecule has 20 heavy (non-hydrogen) atoms. The van der Waals surface area contributed by atoms with E-state index in [9.17, 15) is 4.79 Å². The number of allylic oxidation sites excluding steroid dienone is 2. The van der Waals surface area contributed by atoms with Gasteiger partial charge < -0.3 is 5.32 Å². The van der Waals surface area contributed by atoms with E-state index in [0.717, 1.165) is 30.5 Å². The van der Waals surface area contributed by atoms with Crippen LogP contribution in [0.25, 0.3) is 0 Å². The first-order chi connectivity index (χ1) is 9.53. The molecule has 1 aromatic carbocycles. The van der Waals surface area contributed by atoms with Crippen LogP contribution in [-0.2, 0) is 10.2 Å². The molecule has 1 unspecified atom stereocenters. The zero-order chi connectivity index (χ0) is 14.6. The fraction of sp³-hybridized carbons (Fsp3) is 0.412. The maximum absolute atomic E-state index is 12.1. The molecule has 1 aliphatic rings. The lowest BCUT2D eigenvalue weighted by atomic mass is 9.86. The average Bonchev–Trinajstić information content (AvgIpc) is 2.48. The fourth-order valence-corrected chi connectivity index (χ4v) is 2.31. The van der Waals surface area contributed by atoms with Crippen LogP contribution in [0, 0.1) is 17.2 Å². The molecule has 0 fully saturated rings. The van der Waals surface area contributed by atoms with Crippen molar-refractivity contribution < 1.29 is 4.79 Å². The van der Waals surface area contributed by atoms with Crippen molar-refractivity contribution in [3.63, 3.8) is 0 Å². The molecule has 3 nitrogen and oxygen atoms in total. The van der Waals surface area contributed by atoms with Crippen LogP contribution in [0.5, 0.6) is 0 Å². The molecule has 0 spiro atoms. The standard InChI is InChI=1S/C17H20N2O/c1-17(2,12-18)14-8-10-15(11-9-14)19-16(20)13-6-4-3-5-7-13/h3-4,8-11,13H,5-7H2,1-2H3,(H,19,20). The Morgan fingerprint density at radius 3 is 2.55 bits per heavy atom. The van der Waals surface area contributed by atoms with Gasteiger partial charge in [-0.1, -0.05) is 24.3 Å². The lowest BCUT2D eigenvalue weighted by Crippen LogP contribution is -2.23. The van der Waals surface area contributed by atoms with Crippen molar-refractivity contribution in [3.05, 3.63) is 42.0 Å². The molecule has 0 bridgehead atoms. The number of rotatable bonds is 3. The van der Waals surface area contributed by atoms with Gasteiger partial charge in [-0.25, -0.2) is 0 Å². The molecule has 104 valence electrons. The Hall–Kier alpha value is -2.08. The average molecular weight is 268 g/mol. The molecule has 0 radical (unpaired) electrons. The Labute approximate surface area is 120 Å². The normalized spacial score (nSPS) is 18.4. The van der Waals surface area contributed by atoms with E-state index in [2.05, 4.69) is 23.5 Å². The van der Waals surface area contributed by atoms with Crippen LogP contribution >= 0.6 is 0 Å². The van der Waals surface area contributed by atoms with E-state index in [1.807, 2.05) is 38.1 Å². The van der Waals surface area contributed by atoms with Gasteiger partial charge in [0.2, 0.25) is 5.91 Å². The van der Waals surface area contributed by atoms with Gasteiger partial charge in [-0.2, -0.15) is 5.26 Å². The summed E-state index contributed by atoms with van der Waals surface area (Å²) in [6, 6.07) is 9.81. The Balaban J connectivity index is 2.02. The highest BCUT2D eigenvalue weighted by Gasteiger charge is 2.21. The third-order valence-corrected chi connectivity index (χ3v) is 3.79. The lowest BCUT2D eigenvalue weighted by Gasteiger charge is -2.18. The van der Waals surface area contributed by atoms with E-state index in [1.165, 1.54) is 0 Å². The number of nitrogens with zero attached hydrogens (tertiary/aromatic N) is 1. The van der Waals surface area contributed by atoms with Crippen molar-refractivity contribution in [2.45, 2.75) is 38.5 Å². The van der Waals surface area contributed by atoms with E-state index in [-0.39, 0.29) is 11.8 Å². The molecule has 0 aliphatic heterocycles. The lowest BCUT2D eigenvalue weighted by molar-refractivity contribution is -0.120. The molecular weight excluding hydrogens is 248 g/mol. The second-order valence-electron chi connectivity index (χ2n) is 5.78. The number of hydrogen-bond donors (Lipinski definition) is 1. The number of amides is 1. The number of carbonyl (C=O) groups excluding carboxylic acids is 1. The minimum absolute atomic E-state index is 0.0789. The quantitative estimate of drug-likeness (QED) is 0.848. The molecule has 1 atom stereocenters. The van der Waals surface area contributed by atoms with Gasteiger partial charge in [0.1, 0.15) is 0 Å². The zero-order valence-corrected chi connectivity index (χ0v) is 12.0. The summed E-state index contributed by atoms with van der Waals surface area (Å²) in [5.41, 5.74) is 1.25. The SMILES string of the molecule is CC(C)(C#N)c1ccc(NC(=O)C2CC=CCC2)cc1. The van der Waals surface area contributed by atoms with E-state index < -0.39 is 5.41 Å². The molecule has 0 heterocycles. The fourth-order valence-electron chi connectivity index (χ4n) is 2.31. The van der Waals surface area contributed by atoms with Gasteiger partial charge in [0.25, 0.3) is 0 Å². The van der Waals surface area contributed by atoms with Gasteiger partial charge in [-0.3, -0.25) is 4.79 Å². The number of carbonyl (C=O) groups is 1. The second-order valence-corrected chi connectivity index (χ2v) is 5.78. The highest BCUT2D eigenvalue weighted by atomic mass is 16.1. The third kappa shape index (κ3) is 3.27. The van der Waals surface area contributed by atoms with Crippen LogP contribution in [0.2, 0.25) is 0 Å². The van der Waals surface area contributed by atoms with Crippen LogP contribution < -0.4 is 5.32 Å². The van der Waals surface area contributed by atoms with Gasteiger partial charge in [0.15, 0.2) is 0 Å². The molecule has 1 N–H and O–H groups in total. The van der Waals surface area contributed by atoms with Crippen LogP contribution in [0.1, 0.15) is 38.7 Å². The highest BCUT2D eigenvalue weighted by Crippen LogP contribution is 2.24. The van der Waals surface area contributed by atoms with Crippen LogP contribution in [0.4, 0.5) is 5.69 Å². The summed E-state index contributed by atoms with van der Waals surface area (Å²) >= 11 is 0. The Morgan fingerprint density at radius 2 is 2.00 bits per heavy atom. The van der Waals surface area contributed by atoms with E-state index in [1.54, 1.807) is 0 Å². The van der Waals surface area contributed by atoms with Gasteiger partial charge in [-0.05, 0) is 50.8 Å². The number of nitriles is 1. The summed E-state index contributed by atoms with van der Waals surface area (Å²) in [7, 11) is 0. The molecule has 1 amide bonds. The minimum atomic E-state index is -0.503. The van der Waals surface area contributed by atoms with Gasteiger partial charge in [-0.15, -0.1) is 0 Å². The van der Waals surface area contributed by atoms with Gasteiger partial charge in [0.05, 0.1) is 11.5 Å². The van der Waals surface area contributed by atoms with Crippen molar-refractivity contribution in [1.29, 1.82) is 5.26 Å². The van der Waals surface area contributed by atoms with Crippen molar-refractivity contribution >= 4 is 11.6 Å². The van der Waals surface area contributed by atoms with E-state index >= 15 is 0 Å². The predicted molar refractivity (Wildman–Crippen MR) is 80.2 cm³/mol. The maximum atomic E-state index is 12.1. The molecule has 0 saturated carbocycles. The second kappa shape index (κ2) is 5.92. The number of hydrogen-bond acceptors (Lipinski definition) is 2. The monoisotopic (exact) mass is 268 g/mol. The summed E-state index contributed by atoms with van der Waals surface area (Å²) in [5, 5.41) is 12.1. The van der Waals surface area contributed by atoms with Crippen molar-refractivity contribution in [2.75, 3.05) is 5.32 Å². The van der Waals surface area contributed by atoms with Gasteiger partial charge in [0, 0.05) is 11.6 Å². The number of nitrogens with one attached hydrogen (secondary N) is 1. The topological polar surface area (TPSA) is 52.9 Å². The molecule has 0 aromatic heterocycles. The van der Waals surface area contributed by atoms with Crippen LogP contribution in [0.3, 0.4) is 0 Å². The highest BCUT2D eigenvalue weighted by molar-refractivity contribution is 5.92. The zero-order valence-electron chi connectivity index (χ0n) is 12.0. The van der Waals surface area contributed by atoms with E-state index in [0.29, 0.717) is 0 Å². The largest absolute Gasteiger partial charge is 0.326 e. The maximum Gasteiger partial charge on any atom is 0.227 e. The van der Waals surface area contributed by atoms with E-state index in [4.69, 9.17) is 5.26 Å². The first-order valence-corrected chi connectivity index (χ1v) is 7.00. The molecule has 1 aromatic rings. The van der Waals surface area contributed by atoms with Gasteiger partial charge >= 0.3 is 0 Å². The molecule has 3 heteroatoms. The first kappa shape index (κ1) is 14.3. The van der Waals surface area contributed by atoms with Crippen LogP contribution in [0.15, 0.2) is 36.4 Å². The summed E-state index contributed by atoms with van der Waals surface area (Å²) in [6.45, 7) is 3.77. The predicted octanol–water partition coefficient (Wildman–Crippen LogP) is 3.78. The molecule has 0 saturated heterocycles. The minimum Gasteiger partial charge on any atom is -0.326 e. The summed E-state index contributed by atoms with van der Waals surface area (Å²) in [5.74, 6) is 0.164. The van der Waals surface area contributed by atoms with Crippen molar-refractivity contribution in [2.24, 2.45) is 5.92 Å².